The Hall–Kier alpha value is -2.35. The van der Waals surface area contributed by atoms with Crippen molar-refractivity contribution in [3.05, 3.63) is 63.2 Å². The molecule has 0 bridgehead atoms. The molecule has 24 heavy (non-hydrogen) atoms. The van der Waals surface area contributed by atoms with Crippen molar-refractivity contribution < 1.29 is 14.7 Å². The van der Waals surface area contributed by atoms with Crippen LogP contribution in [-0.2, 0) is 4.79 Å². The van der Waals surface area contributed by atoms with Crippen LogP contribution in [0.3, 0.4) is 0 Å². The van der Waals surface area contributed by atoms with Crippen LogP contribution in [-0.4, -0.2) is 31.1 Å². The quantitative estimate of drug-likeness (QED) is 0.554. The van der Waals surface area contributed by atoms with Crippen molar-refractivity contribution in [2.24, 2.45) is 0 Å². The summed E-state index contributed by atoms with van der Waals surface area (Å²) in [5.41, 5.74) is 2.30. The second-order valence-electron chi connectivity index (χ2n) is 5.30. The Labute approximate surface area is 154 Å². The average Bonchev–Trinajstić information content (AvgIpc) is 2.54. The summed E-state index contributed by atoms with van der Waals surface area (Å²) in [6.07, 6.45) is 3.07. The molecule has 5 nitrogen and oxygen atoms in total. The second-order valence-corrected chi connectivity index (χ2v) is 6.55. The highest BCUT2D eigenvalue weighted by molar-refractivity contribution is 14.1. The summed E-state index contributed by atoms with van der Waals surface area (Å²) in [6, 6.07) is 12.6. The van der Waals surface area contributed by atoms with Gasteiger partial charge in [-0.25, -0.2) is 4.79 Å². The molecule has 0 spiro atoms. The zero-order valence-corrected chi connectivity index (χ0v) is 15.4. The zero-order chi connectivity index (χ0) is 17.7. The van der Waals surface area contributed by atoms with Crippen LogP contribution in [0.4, 0.5) is 11.4 Å². The van der Waals surface area contributed by atoms with E-state index in [1.54, 1.807) is 18.2 Å². The van der Waals surface area contributed by atoms with Gasteiger partial charge in [0.05, 0.1) is 11.3 Å². The van der Waals surface area contributed by atoms with Gasteiger partial charge in [0.15, 0.2) is 0 Å². The van der Waals surface area contributed by atoms with Crippen molar-refractivity contribution in [3.63, 3.8) is 0 Å². The van der Waals surface area contributed by atoms with Gasteiger partial charge in [-0.2, -0.15) is 0 Å². The summed E-state index contributed by atoms with van der Waals surface area (Å²) in [6.45, 7) is 0. The van der Waals surface area contributed by atoms with E-state index in [9.17, 15) is 14.7 Å². The summed E-state index contributed by atoms with van der Waals surface area (Å²) < 4.78 is 0.791. The van der Waals surface area contributed by atoms with E-state index in [1.165, 1.54) is 12.1 Å². The summed E-state index contributed by atoms with van der Waals surface area (Å²) in [5.74, 6) is -1.46. The summed E-state index contributed by atoms with van der Waals surface area (Å²) >= 11 is 2.03. The van der Waals surface area contributed by atoms with Gasteiger partial charge in [-0.1, -0.05) is 12.1 Å². The van der Waals surface area contributed by atoms with E-state index in [4.69, 9.17) is 0 Å². The van der Waals surface area contributed by atoms with Crippen LogP contribution in [0.1, 0.15) is 15.9 Å². The molecular formula is C18H17IN2O3. The van der Waals surface area contributed by atoms with Crippen molar-refractivity contribution >= 4 is 51.9 Å². The number of nitrogens with one attached hydrogen (secondary N) is 1. The maximum atomic E-state index is 12.0. The van der Waals surface area contributed by atoms with Crippen LogP contribution in [0.25, 0.3) is 6.08 Å². The van der Waals surface area contributed by atoms with Gasteiger partial charge in [-0.3, -0.25) is 4.79 Å². The van der Waals surface area contributed by atoms with E-state index < -0.39 is 5.97 Å². The molecule has 0 aliphatic rings. The van der Waals surface area contributed by atoms with Crippen molar-refractivity contribution in [1.29, 1.82) is 0 Å². The highest BCUT2D eigenvalue weighted by atomic mass is 127. The lowest BCUT2D eigenvalue weighted by Gasteiger charge is -2.11. The molecule has 1 amide bonds. The monoisotopic (exact) mass is 436 g/mol. The minimum Gasteiger partial charge on any atom is -0.478 e. The number of nitrogens with zero attached hydrogens (tertiary/aromatic N) is 1. The number of aromatic carboxylic acids is 1. The third-order valence-electron chi connectivity index (χ3n) is 3.31. The lowest BCUT2D eigenvalue weighted by molar-refractivity contribution is -0.111. The molecule has 2 aromatic carbocycles. The topological polar surface area (TPSA) is 69.6 Å². The Balaban J connectivity index is 2.09. The molecule has 0 heterocycles. The number of carbonyl (C=O) groups excluding carboxylic acids is 1. The maximum absolute atomic E-state index is 12.0. The van der Waals surface area contributed by atoms with Crippen molar-refractivity contribution in [1.82, 2.24) is 0 Å². The van der Waals surface area contributed by atoms with Gasteiger partial charge in [0.25, 0.3) is 0 Å². The first-order valence-corrected chi connectivity index (χ1v) is 8.24. The van der Waals surface area contributed by atoms with Crippen molar-refractivity contribution in [3.8, 4) is 0 Å². The molecule has 0 aliphatic carbocycles. The van der Waals surface area contributed by atoms with Gasteiger partial charge < -0.3 is 15.3 Å². The number of halogens is 1. The molecular weight excluding hydrogens is 419 g/mol. The van der Waals surface area contributed by atoms with Crippen LogP contribution < -0.4 is 10.2 Å². The smallest absolute Gasteiger partial charge is 0.337 e. The number of hydrogen-bond donors (Lipinski definition) is 2. The van der Waals surface area contributed by atoms with Crippen LogP contribution in [0, 0.1) is 3.57 Å². The van der Waals surface area contributed by atoms with Gasteiger partial charge >= 0.3 is 5.97 Å². The summed E-state index contributed by atoms with van der Waals surface area (Å²) in [5, 5.41) is 11.8. The molecule has 0 radical (unpaired) electrons. The van der Waals surface area contributed by atoms with Gasteiger partial charge in [0.2, 0.25) is 5.91 Å². The third-order valence-corrected chi connectivity index (χ3v) is 3.98. The predicted molar refractivity (Wildman–Crippen MR) is 105 cm³/mol. The van der Waals surface area contributed by atoms with E-state index in [0.29, 0.717) is 0 Å². The minimum atomic E-state index is -1.08. The zero-order valence-electron chi connectivity index (χ0n) is 13.3. The fraction of sp³-hybridized carbons (Fsp3) is 0.111. The van der Waals surface area contributed by atoms with Crippen LogP contribution in [0.15, 0.2) is 48.5 Å². The fourth-order valence-electron chi connectivity index (χ4n) is 2.03. The summed E-state index contributed by atoms with van der Waals surface area (Å²) in [4.78, 5) is 25.3. The highest BCUT2D eigenvalue weighted by Crippen LogP contribution is 2.19. The van der Waals surface area contributed by atoms with Crippen LogP contribution in [0.5, 0.6) is 0 Å². The number of carboxylic acids is 1. The molecule has 2 rings (SSSR count). The first kappa shape index (κ1) is 18.0. The molecule has 124 valence electrons. The van der Waals surface area contributed by atoms with Gasteiger partial charge in [0, 0.05) is 29.4 Å². The Morgan fingerprint density at radius 3 is 2.38 bits per heavy atom. The van der Waals surface area contributed by atoms with Crippen LogP contribution in [0.2, 0.25) is 0 Å². The third kappa shape index (κ3) is 4.82. The molecule has 2 N–H and O–H groups in total. The molecule has 0 saturated heterocycles. The molecule has 0 aromatic heterocycles. The van der Waals surface area contributed by atoms with E-state index in [2.05, 4.69) is 5.32 Å². The highest BCUT2D eigenvalue weighted by Gasteiger charge is 2.11. The molecule has 6 heteroatoms. The SMILES string of the molecule is CN(C)c1ccc(/C=C/C(=O)Nc2ccc(I)cc2C(=O)O)cc1. The lowest BCUT2D eigenvalue weighted by Crippen LogP contribution is -2.12. The number of amides is 1. The van der Waals surface area contributed by atoms with Gasteiger partial charge in [-0.05, 0) is 64.6 Å². The Morgan fingerprint density at radius 2 is 1.79 bits per heavy atom. The number of benzene rings is 2. The van der Waals surface area contributed by atoms with E-state index in [-0.39, 0.29) is 17.2 Å². The number of hydrogen-bond acceptors (Lipinski definition) is 3. The second kappa shape index (κ2) is 7.96. The summed E-state index contributed by atoms with van der Waals surface area (Å²) in [7, 11) is 3.92. The normalized spacial score (nSPS) is 10.6. The van der Waals surface area contributed by atoms with E-state index in [1.807, 2.05) is 65.9 Å². The van der Waals surface area contributed by atoms with Gasteiger partial charge in [0.1, 0.15) is 0 Å². The molecule has 0 fully saturated rings. The Kier molecular flexibility index (Phi) is 5.97. The largest absolute Gasteiger partial charge is 0.478 e. The van der Waals surface area contributed by atoms with Crippen molar-refractivity contribution in [2.45, 2.75) is 0 Å². The Morgan fingerprint density at radius 1 is 1.12 bits per heavy atom. The number of anilines is 2. The predicted octanol–water partition coefficient (Wildman–Crippen LogP) is 3.71. The standard InChI is InChI=1S/C18H17IN2O3/c1-21(2)14-7-3-12(4-8-14)5-10-17(22)20-16-9-6-13(19)11-15(16)18(23)24/h3-11H,1-2H3,(H,20,22)(H,23,24)/b10-5+. The molecule has 2 aromatic rings. The first-order valence-electron chi connectivity index (χ1n) is 7.16. The molecule has 0 atom stereocenters. The van der Waals surface area contributed by atoms with E-state index in [0.717, 1.165) is 14.8 Å². The average molecular weight is 436 g/mol. The Bertz CT molecular complexity index is 783. The maximum Gasteiger partial charge on any atom is 0.337 e. The number of rotatable bonds is 5. The molecule has 0 aliphatic heterocycles. The van der Waals surface area contributed by atoms with Gasteiger partial charge in [-0.15, -0.1) is 0 Å². The first-order chi connectivity index (χ1) is 11.4. The van der Waals surface area contributed by atoms with Crippen molar-refractivity contribution in [2.75, 3.05) is 24.3 Å². The van der Waals surface area contributed by atoms with Crippen LogP contribution >= 0.6 is 22.6 Å². The fourth-order valence-corrected chi connectivity index (χ4v) is 2.52. The lowest BCUT2D eigenvalue weighted by atomic mass is 10.1. The number of carbonyl (C=O) groups is 2. The van der Waals surface area contributed by atoms with E-state index >= 15 is 0 Å². The number of carboxylic acid groups (broad SMARTS) is 1. The molecule has 0 saturated carbocycles. The molecule has 0 unspecified atom stereocenters. The minimum absolute atomic E-state index is 0.0685.